The first-order valence-electron chi connectivity index (χ1n) is 13.8. The Hall–Kier alpha value is -3.00. The molecule has 4 aromatic carbocycles. The molecule has 1 aliphatic heterocycles. The van der Waals surface area contributed by atoms with E-state index >= 15 is 0 Å². The van der Waals surface area contributed by atoms with Gasteiger partial charge in [-0.25, -0.2) is 9.79 Å². The van der Waals surface area contributed by atoms with Crippen LogP contribution in [0.2, 0.25) is 5.02 Å². The predicted octanol–water partition coefficient (Wildman–Crippen LogP) is 7.39. The first-order chi connectivity index (χ1) is 21.3. The average Bonchev–Trinajstić information content (AvgIpc) is 3.30. The highest BCUT2D eigenvalue weighted by Crippen LogP contribution is 2.35. The van der Waals surface area contributed by atoms with Crippen LogP contribution in [0.4, 0.5) is 0 Å². The number of rotatable bonds is 7. The fourth-order valence-electron chi connectivity index (χ4n) is 5.30. The fraction of sp³-hybridized carbons (Fsp3) is 0.147. The molecule has 44 heavy (non-hydrogen) atoms. The van der Waals surface area contributed by atoms with Crippen molar-refractivity contribution in [3.05, 3.63) is 139 Å². The molecule has 0 bridgehead atoms. The summed E-state index contributed by atoms with van der Waals surface area (Å²) in [4.78, 5) is 32.3. The van der Waals surface area contributed by atoms with Crippen molar-refractivity contribution in [2.75, 3.05) is 6.61 Å². The van der Waals surface area contributed by atoms with E-state index in [1.807, 2.05) is 54.6 Å². The van der Waals surface area contributed by atoms with Crippen molar-refractivity contribution in [3.8, 4) is 5.75 Å². The maximum absolute atomic E-state index is 14.0. The molecule has 2 heterocycles. The minimum absolute atomic E-state index is 0.203. The number of ether oxygens (including phenoxy) is 2. The summed E-state index contributed by atoms with van der Waals surface area (Å²) in [7, 11) is 0. The lowest BCUT2D eigenvalue weighted by atomic mass is 9.96. The van der Waals surface area contributed by atoms with Gasteiger partial charge in [-0.2, -0.15) is 0 Å². The summed E-state index contributed by atoms with van der Waals surface area (Å²) in [5, 5.41) is 2.80. The van der Waals surface area contributed by atoms with Gasteiger partial charge in [0.25, 0.3) is 5.56 Å². The van der Waals surface area contributed by atoms with E-state index in [0.29, 0.717) is 37.8 Å². The molecule has 0 unspecified atom stereocenters. The molecule has 0 fully saturated rings. The lowest BCUT2D eigenvalue weighted by Crippen LogP contribution is -2.40. The van der Waals surface area contributed by atoms with E-state index in [-0.39, 0.29) is 12.2 Å². The van der Waals surface area contributed by atoms with Crippen molar-refractivity contribution in [2.24, 2.45) is 4.99 Å². The summed E-state index contributed by atoms with van der Waals surface area (Å²) in [5.41, 5.74) is 3.15. The first kappa shape index (κ1) is 31.0. The van der Waals surface area contributed by atoms with E-state index in [2.05, 4.69) is 74.4 Å². The second-order valence-electron chi connectivity index (χ2n) is 10.1. The number of allylic oxidation sites excluding steroid dienone is 1. The molecular weight excluding hydrogens is 822 g/mol. The largest absolute Gasteiger partial charge is 0.487 e. The Labute approximate surface area is 290 Å². The van der Waals surface area contributed by atoms with Crippen LogP contribution in [0.15, 0.2) is 99.9 Å². The van der Waals surface area contributed by atoms with Crippen molar-refractivity contribution < 1.29 is 14.3 Å². The van der Waals surface area contributed by atoms with Gasteiger partial charge in [0, 0.05) is 5.02 Å². The third-order valence-electron chi connectivity index (χ3n) is 7.29. The Morgan fingerprint density at radius 3 is 2.50 bits per heavy atom. The van der Waals surface area contributed by atoms with E-state index < -0.39 is 12.0 Å². The van der Waals surface area contributed by atoms with Gasteiger partial charge in [-0.05, 0) is 111 Å². The molecule has 222 valence electrons. The molecule has 1 aliphatic rings. The number of carbonyl (C=O) groups is 1. The highest BCUT2D eigenvalue weighted by atomic mass is 127. The number of hydrogen-bond donors (Lipinski definition) is 0. The summed E-state index contributed by atoms with van der Waals surface area (Å²) in [6, 6.07) is 25.0. The smallest absolute Gasteiger partial charge is 0.338 e. The standard InChI is InChI=1S/C34H25ClI2N2O4S/c1-3-42-33(41)29-19(2)38-34-39(30(29)24-13-6-7-14-25(24)35)32(40)28(44-34)17-20-15-26(36)31(27(37)16-20)43-18-22-11-8-10-21-9-4-5-12-23(21)22/h4-17,30H,3,18H2,1-2H3/b28-17+/t30-/m1/s1. The number of carbonyl (C=O) groups excluding carboxylic acids is 1. The van der Waals surface area contributed by atoms with Crippen molar-refractivity contribution >= 4 is 90.9 Å². The van der Waals surface area contributed by atoms with E-state index in [1.165, 1.54) is 22.1 Å². The van der Waals surface area contributed by atoms with E-state index in [1.54, 1.807) is 24.5 Å². The van der Waals surface area contributed by atoms with E-state index in [4.69, 9.17) is 21.1 Å². The lowest BCUT2D eigenvalue weighted by Gasteiger charge is -2.25. The number of nitrogens with zero attached hydrogens (tertiary/aromatic N) is 2. The minimum Gasteiger partial charge on any atom is -0.487 e. The van der Waals surface area contributed by atoms with E-state index in [0.717, 1.165) is 24.0 Å². The van der Waals surface area contributed by atoms with Crippen LogP contribution < -0.4 is 19.6 Å². The number of halogens is 3. The number of hydrogen-bond acceptors (Lipinski definition) is 6. The molecule has 5 aromatic rings. The number of esters is 1. The summed E-state index contributed by atoms with van der Waals surface area (Å²) in [6.45, 7) is 4.15. The molecule has 0 radical (unpaired) electrons. The maximum atomic E-state index is 14.0. The van der Waals surface area contributed by atoms with Crippen LogP contribution >= 0.6 is 68.1 Å². The van der Waals surface area contributed by atoms with Gasteiger partial charge in [0.2, 0.25) is 0 Å². The molecule has 0 saturated carbocycles. The molecule has 0 aliphatic carbocycles. The second-order valence-corrected chi connectivity index (χ2v) is 13.8. The normalized spacial score (nSPS) is 14.8. The molecule has 6 nitrogen and oxygen atoms in total. The van der Waals surface area contributed by atoms with Crippen molar-refractivity contribution in [3.63, 3.8) is 0 Å². The first-order valence-corrected chi connectivity index (χ1v) is 17.1. The van der Waals surface area contributed by atoms with Gasteiger partial charge < -0.3 is 9.47 Å². The highest BCUT2D eigenvalue weighted by Gasteiger charge is 2.34. The molecule has 10 heteroatoms. The molecule has 0 N–H and O–H groups in total. The third-order valence-corrected chi connectivity index (χ3v) is 10.2. The van der Waals surface area contributed by atoms with Crippen molar-refractivity contribution in [1.29, 1.82) is 0 Å². The van der Waals surface area contributed by atoms with Gasteiger partial charge in [0.15, 0.2) is 4.80 Å². The predicted molar refractivity (Wildman–Crippen MR) is 192 cm³/mol. The van der Waals surface area contributed by atoms with Gasteiger partial charge in [-0.15, -0.1) is 0 Å². The fourth-order valence-corrected chi connectivity index (χ4v) is 8.72. The van der Waals surface area contributed by atoms with Crippen LogP contribution in [-0.2, 0) is 16.1 Å². The zero-order valence-corrected chi connectivity index (χ0v) is 29.5. The number of aromatic nitrogens is 1. The summed E-state index contributed by atoms with van der Waals surface area (Å²) in [6.07, 6.45) is 1.86. The minimum atomic E-state index is -0.758. The monoisotopic (exact) mass is 846 g/mol. The SMILES string of the molecule is CCOC(=O)C1=C(C)N=c2s/c(=C/c3cc(I)c(OCc4cccc5ccccc45)c(I)c3)c(=O)n2[C@@H]1c1ccccc1Cl. The van der Waals surface area contributed by atoms with E-state index in [9.17, 15) is 9.59 Å². The molecular formula is C34H25ClI2N2O4S. The Bertz CT molecular complexity index is 2130. The lowest BCUT2D eigenvalue weighted by molar-refractivity contribution is -0.139. The summed E-state index contributed by atoms with van der Waals surface area (Å²) in [5.74, 6) is 0.280. The summed E-state index contributed by atoms with van der Waals surface area (Å²) < 4.78 is 15.6. The Morgan fingerprint density at radius 1 is 1.05 bits per heavy atom. The van der Waals surface area contributed by atoms with Crippen LogP contribution in [0.25, 0.3) is 16.8 Å². The van der Waals surface area contributed by atoms with Gasteiger partial charge in [-0.3, -0.25) is 9.36 Å². The third kappa shape index (κ3) is 5.99. The van der Waals surface area contributed by atoms with Gasteiger partial charge in [0.1, 0.15) is 18.4 Å². The molecule has 0 spiro atoms. The molecule has 0 saturated heterocycles. The Morgan fingerprint density at radius 2 is 1.75 bits per heavy atom. The molecule has 1 aromatic heterocycles. The summed E-state index contributed by atoms with van der Waals surface area (Å²) >= 11 is 12.4. The Balaban J connectivity index is 1.38. The van der Waals surface area contributed by atoms with Crippen molar-refractivity contribution in [1.82, 2.24) is 4.57 Å². The van der Waals surface area contributed by atoms with Crippen LogP contribution in [-0.4, -0.2) is 17.1 Å². The topological polar surface area (TPSA) is 69.9 Å². The van der Waals surface area contributed by atoms with Crippen LogP contribution in [0.3, 0.4) is 0 Å². The molecule has 6 rings (SSSR count). The van der Waals surface area contributed by atoms with Gasteiger partial charge in [0.05, 0.1) is 29.5 Å². The molecule has 1 atom stereocenters. The van der Waals surface area contributed by atoms with Crippen LogP contribution in [0, 0.1) is 7.14 Å². The second kappa shape index (κ2) is 13.2. The zero-order valence-electron chi connectivity index (χ0n) is 23.6. The molecule has 0 amide bonds. The van der Waals surface area contributed by atoms with Crippen LogP contribution in [0.1, 0.15) is 36.6 Å². The number of benzene rings is 4. The zero-order chi connectivity index (χ0) is 31.0. The highest BCUT2D eigenvalue weighted by molar-refractivity contribution is 14.1. The van der Waals surface area contributed by atoms with Crippen molar-refractivity contribution in [2.45, 2.75) is 26.5 Å². The quantitative estimate of drug-likeness (QED) is 0.127. The number of fused-ring (bicyclic) bond motifs is 2. The Kier molecular flexibility index (Phi) is 9.27. The average molecular weight is 847 g/mol. The van der Waals surface area contributed by atoms with Gasteiger partial charge >= 0.3 is 5.97 Å². The van der Waals surface area contributed by atoms with Crippen LogP contribution in [0.5, 0.6) is 5.75 Å². The number of thiazole rings is 1. The van der Waals surface area contributed by atoms with Gasteiger partial charge in [-0.1, -0.05) is 83.6 Å². The maximum Gasteiger partial charge on any atom is 0.338 e.